The van der Waals surface area contributed by atoms with Gasteiger partial charge in [-0.25, -0.2) is 0 Å². The summed E-state index contributed by atoms with van der Waals surface area (Å²) in [5.74, 6) is 0. The molecule has 0 saturated heterocycles. The fourth-order valence-electron chi connectivity index (χ4n) is 1.51. The number of halogens is 2. The van der Waals surface area contributed by atoms with E-state index in [-0.39, 0.29) is 0 Å². The van der Waals surface area contributed by atoms with Crippen LogP contribution in [0.2, 0.25) is 0 Å². The van der Waals surface area contributed by atoms with Crippen LogP contribution in [0.15, 0.2) is 53.3 Å². The first-order valence-electron chi connectivity index (χ1n) is 5.04. The van der Waals surface area contributed by atoms with Crippen molar-refractivity contribution in [2.45, 2.75) is 11.2 Å². The second kappa shape index (κ2) is 5.60. The molecular weight excluding hydrogens is 330 g/mol. The Bertz CT molecular complexity index is 439. The van der Waals surface area contributed by atoms with Gasteiger partial charge < -0.3 is 0 Å². The van der Waals surface area contributed by atoms with Crippen molar-refractivity contribution in [1.82, 2.24) is 4.98 Å². The number of aromatic nitrogens is 1. The molecule has 1 nitrogen and oxygen atoms in total. The molecule has 2 aromatic rings. The van der Waals surface area contributed by atoms with Crippen LogP contribution in [0, 0.1) is 0 Å². The van der Waals surface area contributed by atoms with E-state index in [0.717, 1.165) is 10.9 Å². The molecule has 1 heterocycles. The third kappa shape index (κ3) is 3.16. The number of pyridine rings is 1. The van der Waals surface area contributed by atoms with E-state index in [0.29, 0.717) is 4.83 Å². The molecule has 0 aliphatic rings. The van der Waals surface area contributed by atoms with Crippen LogP contribution < -0.4 is 0 Å². The lowest BCUT2D eigenvalue weighted by atomic mass is 10.1. The molecule has 0 saturated carbocycles. The van der Waals surface area contributed by atoms with Gasteiger partial charge in [-0.2, -0.15) is 0 Å². The maximum absolute atomic E-state index is 4.12. The quantitative estimate of drug-likeness (QED) is 0.748. The van der Waals surface area contributed by atoms with Crippen molar-refractivity contribution < 1.29 is 0 Å². The summed E-state index contributed by atoms with van der Waals surface area (Å²) in [6, 6.07) is 12.5. The lowest BCUT2D eigenvalue weighted by Gasteiger charge is -2.09. The van der Waals surface area contributed by atoms with Crippen LogP contribution in [-0.4, -0.2) is 4.98 Å². The molecule has 1 atom stereocenters. The Labute approximate surface area is 112 Å². The molecule has 0 bridgehead atoms. The number of alkyl halides is 1. The molecule has 1 aromatic carbocycles. The van der Waals surface area contributed by atoms with Gasteiger partial charge in [-0.1, -0.05) is 50.1 Å². The van der Waals surface area contributed by atoms with Crippen LogP contribution in [0.4, 0.5) is 0 Å². The lowest BCUT2D eigenvalue weighted by molar-refractivity contribution is 0.939. The zero-order valence-electron chi connectivity index (χ0n) is 8.61. The first kappa shape index (κ1) is 11.8. The van der Waals surface area contributed by atoms with E-state index in [1.54, 1.807) is 6.20 Å². The van der Waals surface area contributed by atoms with Gasteiger partial charge in [-0.15, -0.1) is 0 Å². The SMILES string of the molecule is Brc1ccc(CC(Br)c2cccnc2)cc1. The standard InChI is InChI=1S/C13H11Br2N/c14-12-5-3-10(4-6-12)8-13(15)11-2-1-7-16-9-11/h1-7,9,13H,8H2. The van der Waals surface area contributed by atoms with Gasteiger partial charge in [0.05, 0.1) is 0 Å². The van der Waals surface area contributed by atoms with Gasteiger partial charge in [0.25, 0.3) is 0 Å². The van der Waals surface area contributed by atoms with Gasteiger partial charge in [0.15, 0.2) is 0 Å². The van der Waals surface area contributed by atoms with Crippen molar-refractivity contribution in [3.05, 3.63) is 64.4 Å². The maximum atomic E-state index is 4.12. The molecule has 2 rings (SSSR count). The second-order valence-electron chi connectivity index (χ2n) is 3.58. The Kier molecular flexibility index (Phi) is 4.13. The summed E-state index contributed by atoms with van der Waals surface area (Å²) in [5, 5.41) is 0. The van der Waals surface area contributed by atoms with Crippen LogP contribution >= 0.6 is 31.9 Å². The largest absolute Gasteiger partial charge is 0.264 e. The van der Waals surface area contributed by atoms with E-state index < -0.39 is 0 Å². The van der Waals surface area contributed by atoms with Gasteiger partial charge in [0.1, 0.15) is 0 Å². The Hall–Kier alpha value is -0.670. The third-order valence-electron chi connectivity index (χ3n) is 2.37. The molecule has 3 heteroatoms. The highest BCUT2D eigenvalue weighted by Crippen LogP contribution is 2.26. The van der Waals surface area contributed by atoms with Crippen molar-refractivity contribution in [2.24, 2.45) is 0 Å². The number of nitrogens with zero attached hydrogens (tertiary/aromatic N) is 1. The summed E-state index contributed by atoms with van der Waals surface area (Å²) in [6.07, 6.45) is 4.67. The van der Waals surface area contributed by atoms with Gasteiger partial charge in [-0.05, 0) is 35.7 Å². The van der Waals surface area contributed by atoms with Gasteiger partial charge >= 0.3 is 0 Å². The monoisotopic (exact) mass is 339 g/mol. The molecule has 0 fully saturated rings. The maximum Gasteiger partial charge on any atom is 0.0450 e. The molecule has 0 amide bonds. The Balaban J connectivity index is 2.08. The molecule has 16 heavy (non-hydrogen) atoms. The van der Waals surface area contributed by atoms with Crippen molar-refractivity contribution in [3.63, 3.8) is 0 Å². The topological polar surface area (TPSA) is 12.9 Å². The summed E-state index contributed by atoms with van der Waals surface area (Å²) < 4.78 is 1.11. The zero-order chi connectivity index (χ0) is 11.4. The molecule has 0 spiro atoms. The lowest BCUT2D eigenvalue weighted by Crippen LogP contribution is -1.95. The highest BCUT2D eigenvalue weighted by molar-refractivity contribution is 9.10. The van der Waals surface area contributed by atoms with Crippen LogP contribution in [0.3, 0.4) is 0 Å². The smallest absolute Gasteiger partial charge is 0.0450 e. The average molecular weight is 341 g/mol. The highest BCUT2D eigenvalue weighted by atomic mass is 79.9. The molecule has 0 radical (unpaired) electrons. The molecule has 1 aromatic heterocycles. The summed E-state index contributed by atoms with van der Waals surface area (Å²) >= 11 is 7.12. The minimum absolute atomic E-state index is 0.322. The van der Waals surface area contributed by atoms with E-state index in [9.17, 15) is 0 Å². The Morgan fingerprint density at radius 2 is 1.88 bits per heavy atom. The van der Waals surface area contributed by atoms with E-state index in [1.165, 1.54) is 11.1 Å². The Morgan fingerprint density at radius 1 is 1.12 bits per heavy atom. The van der Waals surface area contributed by atoms with E-state index in [4.69, 9.17) is 0 Å². The number of benzene rings is 1. The van der Waals surface area contributed by atoms with Crippen molar-refractivity contribution >= 4 is 31.9 Å². The molecule has 0 N–H and O–H groups in total. The predicted molar refractivity (Wildman–Crippen MR) is 73.8 cm³/mol. The minimum Gasteiger partial charge on any atom is -0.264 e. The van der Waals surface area contributed by atoms with Crippen molar-refractivity contribution in [3.8, 4) is 0 Å². The van der Waals surface area contributed by atoms with Crippen LogP contribution in [0.25, 0.3) is 0 Å². The summed E-state index contributed by atoms with van der Waals surface area (Å²) in [7, 11) is 0. The fourth-order valence-corrected chi connectivity index (χ4v) is 2.42. The van der Waals surface area contributed by atoms with E-state index >= 15 is 0 Å². The molecule has 0 aliphatic heterocycles. The van der Waals surface area contributed by atoms with Gasteiger partial charge in [0, 0.05) is 21.7 Å². The fraction of sp³-hybridized carbons (Fsp3) is 0.154. The van der Waals surface area contributed by atoms with Crippen molar-refractivity contribution in [1.29, 1.82) is 0 Å². The average Bonchev–Trinajstić information content (AvgIpc) is 2.33. The summed E-state index contributed by atoms with van der Waals surface area (Å²) in [5.41, 5.74) is 2.53. The first-order valence-corrected chi connectivity index (χ1v) is 6.75. The van der Waals surface area contributed by atoms with E-state index in [2.05, 4.69) is 67.2 Å². The summed E-state index contributed by atoms with van der Waals surface area (Å²) in [6.45, 7) is 0. The molecule has 82 valence electrons. The number of hydrogen-bond acceptors (Lipinski definition) is 1. The third-order valence-corrected chi connectivity index (χ3v) is 3.76. The van der Waals surface area contributed by atoms with Crippen molar-refractivity contribution in [2.75, 3.05) is 0 Å². The van der Waals surface area contributed by atoms with E-state index in [1.807, 2.05) is 12.3 Å². The zero-order valence-corrected chi connectivity index (χ0v) is 11.8. The molecule has 1 unspecified atom stereocenters. The highest BCUT2D eigenvalue weighted by Gasteiger charge is 2.07. The van der Waals surface area contributed by atoms with Crippen LogP contribution in [-0.2, 0) is 6.42 Å². The number of rotatable bonds is 3. The second-order valence-corrected chi connectivity index (χ2v) is 5.61. The predicted octanol–water partition coefficient (Wildman–Crippen LogP) is 4.52. The molecular formula is C13H11Br2N. The van der Waals surface area contributed by atoms with Gasteiger partial charge in [-0.3, -0.25) is 4.98 Å². The van der Waals surface area contributed by atoms with Crippen LogP contribution in [0.5, 0.6) is 0 Å². The normalized spacial score (nSPS) is 12.4. The van der Waals surface area contributed by atoms with Crippen LogP contribution in [0.1, 0.15) is 16.0 Å². The van der Waals surface area contributed by atoms with Gasteiger partial charge in [0.2, 0.25) is 0 Å². The molecule has 0 aliphatic carbocycles. The first-order chi connectivity index (χ1) is 7.75. The Morgan fingerprint density at radius 3 is 2.50 bits per heavy atom. The number of hydrogen-bond donors (Lipinski definition) is 0. The minimum atomic E-state index is 0.322. The summed E-state index contributed by atoms with van der Waals surface area (Å²) in [4.78, 5) is 4.45.